The third kappa shape index (κ3) is 4.34. The van der Waals surface area contributed by atoms with Crippen LogP contribution in [0.1, 0.15) is 12.0 Å². The molecule has 1 aromatic carbocycles. The average Bonchev–Trinajstić information content (AvgIpc) is 2.36. The lowest BCUT2D eigenvalue weighted by Crippen LogP contribution is -2.11. The zero-order valence-electron chi connectivity index (χ0n) is 9.78. The van der Waals surface area contributed by atoms with Crippen molar-refractivity contribution in [1.29, 1.82) is 0 Å². The van der Waals surface area contributed by atoms with Gasteiger partial charge in [-0.05, 0) is 17.7 Å². The van der Waals surface area contributed by atoms with Gasteiger partial charge in [0.25, 0.3) is 5.69 Å². The maximum atomic E-state index is 10.9. The van der Waals surface area contributed by atoms with E-state index < -0.39 is 17.0 Å². The molecular weight excluding hydrogens is 238 g/mol. The number of carbonyl (C=O) groups is 1. The molecule has 1 N–H and O–H groups in total. The van der Waals surface area contributed by atoms with E-state index in [4.69, 9.17) is 0 Å². The zero-order chi connectivity index (χ0) is 13.5. The predicted molar refractivity (Wildman–Crippen MR) is 64.8 cm³/mol. The summed E-state index contributed by atoms with van der Waals surface area (Å²) in [4.78, 5) is 20.8. The summed E-state index contributed by atoms with van der Waals surface area (Å²) in [7, 11) is 1.25. The zero-order valence-corrected chi connectivity index (χ0v) is 9.78. The smallest absolute Gasteiger partial charge is 0.308 e. The monoisotopic (exact) mass is 251 g/mol. The number of nitro groups is 1. The molecule has 1 atom stereocenters. The molecule has 0 aromatic heterocycles. The Labute approximate surface area is 104 Å². The SMILES string of the molecule is COC(=O)CC(O)/C=C/c1ccc([N+](=O)[O-])cc1. The van der Waals surface area contributed by atoms with Gasteiger partial charge >= 0.3 is 5.97 Å². The molecule has 6 heteroatoms. The van der Waals surface area contributed by atoms with E-state index in [0.29, 0.717) is 5.56 Å². The van der Waals surface area contributed by atoms with E-state index in [2.05, 4.69) is 4.74 Å². The molecule has 1 rings (SSSR count). The summed E-state index contributed by atoms with van der Waals surface area (Å²) >= 11 is 0. The van der Waals surface area contributed by atoms with E-state index in [1.807, 2.05) is 0 Å². The first-order valence-electron chi connectivity index (χ1n) is 5.20. The van der Waals surface area contributed by atoms with Crippen LogP contribution in [0, 0.1) is 10.1 Å². The molecule has 6 nitrogen and oxygen atoms in total. The summed E-state index contributed by atoms with van der Waals surface area (Å²) in [5.74, 6) is -0.504. The molecule has 1 aromatic rings. The number of hydrogen-bond donors (Lipinski definition) is 1. The quantitative estimate of drug-likeness (QED) is 0.487. The van der Waals surface area contributed by atoms with Crippen molar-refractivity contribution in [2.75, 3.05) is 7.11 Å². The minimum absolute atomic E-state index is 0.00209. The number of nitrogens with zero attached hydrogens (tertiary/aromatic N) is 1. The molecule has 0 aliphatic heterocycles. The molecule has 0 saturated carbocycles. The van der Waals surface area contributed by atoms with Crippen LogP contribution in [-0.2, 0) is 9.53 Å². The van der Waals surface area contributed by atoms with E-state index in [0.717, 1.165) is 0 Å². The van der Waals surface area contributed by atoms with Crippen LogP contribution in [0.25, 0.3) is 6.08 Å². The molecule has 96 valence electrons. The van der Waals surface area contributed by atoms with Crippen molar-refractivity contribution in [2.24, 2.45) is 0 Å². The van der Waals surface area contributed by atoms with Crippen molar-refractivity contribution in [3.05, 3.63) is 46.0 Å². The van der Waals surface area contributed by atoms with E-state index in [9.17, 15) is 20.0 Å². The predicted octanol–water partition coefficient (Wildman–Crippen LogP) is 1.53. The van der Waals surface area contributed by atoms with Crippen LogP contribution in [0.15, 0.2) is 30.3 Å². The molecule has 0 aliphatic carbocycles. The van der Waals surface area contributed by atoms with Crippen molar-refractivity contribution in [3.63, 3.8) is 0 Å². The number of aliphatic hydroxyl groups is 1. The van der Waals surface area contributed by atoms with E-state index >= 15 is 0 Å². The normalized spacial score (nSPS) is 12.3. The summed E-state index contributed by atoms with van der Waals surface area (Å²) in [6.07, 6.45) is 1.95. The summed E-state index contributed by atoms with van der Waals surface area (Å²) in [6.45, 7) is 0. The average molecular weight is 251 g/mol. The van der Waals surface area contributed by atoms with Gasteiger partial charge in [-0.2, -0.15) is 0 Å². The van der Waals surface area contributed by atoms with Gasteiger partial charge < -0.3 is 9.84 Å². The minimum Gasteiger partial charge on any atom is -0.469 e. The van der Waals surface area contributed by atoms with Crippen molar-refractivity contribution in [3.8, 4) is 0 Å². The fourth-order valence-electron chi connectivity index (χ4n) is 1.25. The van der Waals surface area contributed by atoms with Gasteiger partial charge in [0.15, 0.2) is 0 Å². The Balaban J connectivity index is 2.61. The Morgan fingerprint density at radius 1 is 1.50 bits per heavy atom. The second-order valence-electron chi connectivity index (χ2n) is 3.56. The lowest BCUT2D eigenvalue weighted by Gasteiger charge is -2.03. The van der Waals surface area contributed by atoms with Gasteiger partial charge in [-0.3, -0.25) is 14.9 Å². The number of esters is 1. The van der Waals surface area contributed by atoms with Gasteiger partial charge in [0.2, 0.25) is 0 Å². The highest BCUT2D eigenvalue weighted by atomic mass is 16.6. The minimum atomic E-state index is -0.937. The van der Waals surface area contributed by atoms with Crippen molar-refractivity contribution in [1.82, 2.24) is 0 Å². The third-order valence-corrected chi connectivity index (χ3v) is 2.22. The number of ether oxygens (including phenoxy) is 1. The van der Waals surface area contributed by atoms with Crippen LogP contribution in [0.3, 0.4) is 0 Å². The molecule has 0 spiro atoms. The Bertz CT molecular complexity index is 452. The summed E-state index contributed by atoms with van der Waals surface area (Å²) in [5.41, 5.74) is 0.701. The molecule has 0 bridgehead atoms. The molecule has 0 saturated heterocycles. The highest BCUT2D eigenvalue weighted by Crippen LogP contribution is 2.13. The Hall–Kier alpha value is -2.21. The van der Waals surface area contributed by atoms with E-state index in [1.54, 1.807) is 18.2 Å². The molecule has 1 unspecified atom stereocenters. The third-order valence-electron chi connectivity index (χ3n) is 2.22. The Kier molecular flexibility index (Phi) is 5.01. The maximum Gasteiger partial charge on any atom is 0.308 e. The number of hydrogen-bond acceptors (Lipinski definition) is 5. The van der Waals surface area contributed by atoms with Crippen molar-refractivity contribution < 1.29 is 19.6 Å². The van der Waals surface area contributed by atoms with Crippen LogP contribution < -0.4 is 0 Å². The number of aliphatic hydroxyl groups excluding tert-OH is 1. The molecular formula is C12H13NO5. The highest BCUT2D eigenvalue weighted by molar-refractivity contribution is 5.70. The number of benzene rings is 1. The second-order valence-corrected chi connectivity index (χ2v) is 3.56. The molecule has 18 heavy (non-hydrogen) atoms. The topological polar surface area (TPSA) is 89.7 Å². The summed E-state index contributed by atoms with van der Waals surface area (Å²) < 4.78 is 4.41. The Morgan fingerprint density at radius 3 is 2.61 bits per heavy atom. The fourth-order valence-corrected chi connectivity index (χ4v) is 1.25. The molecule has 0 fully saturated rings. The van der Waals surface area contributed by atoms with Gasteiger partial charge in [-0.15, -0.1) is 0 Å². The second kappa shape index (κ2) is 6.51. The van der Waals surface area contributed by atoms with Crippen LogP contribution in [-0.4, -0.2) is 29.2 Å². The largest absolute Gasteiger partial charge is 0.469 e. The van der Waals surface area contributed by atoms with Crippen LogP contribution in [0.5, 0.6) is 0 Å². The van der Waals surface area contributed by atoms with Crippen molar-refractivity contribution in [2.45, 2.75) is 12.5 Å². The first-order chi connectivity index (χ1) is 8.52. The standard InChI is InChI=1S/C12H13NO5/c1-18-12(15)8-11(14)7-4-9-2-5-10(6-3-9)13(16)17/h2-7,11,14H,8H2,1H3/b7-4+. The summed E-state index contributed by atoms with van der Waals surface area (Å²) in [6, 6.07) is 5.84. The lowest BCUT2D eigenvalue weighted by molar-refractivity contribution is -0.384. The maximum absolute atomic E-state index is 10.9. The van der Waals surface area contributed by atoms with Crippen LogP contribution >= 0.6 is 0 Å². The number of nitro benzene ring substituents is 1. The highest BCUT2D eigenvalue weighted by Gasteiger charge is 2.07. The fraction of sp³-hybridized carbons (Fsp3) is 0.250. The van der Waals surface area contributed by atoms with Crippen LogP contribution in [0.2, 0.25) is 0 Å². The van der Waals surface area contributed by atoms with Crippen LogP contribution in [0.4, 0.5) is 5.69 Å². The molecule has 0 radical (unpaired) electrons. The number of rotatable bonds is 5. The van der Waals surface area contributed by atoms with Gasteiger partial charge in [0, 0.05) is 12.1 Å². The van der Waals surface area contributed by atoms with Gasteiger partial charge in [0.1, 0.15) is 0 Å². The number of carbonyl (C=O) groups excluding carboxylic acids is 1. The van der Waals surface area contributed by atoms with Crippen molar-refractivity contribution >= 4 is 17.7 Å². The lowest BCUT2D eigenvalue weighted by atomic mass is 10.1. The van der Waals surface area contributed by atoms with E-state index in [-0.39, 0.29) is 12.1 Å². The van der Waals surface area contributed by atoms with Gasteiger partial charge in [-0.25, -0.2) is 0 Å². The first kappa shape index (κ1) is 13.9. The van der Waals surface area contributed by atoms with E-state index in [1.165, 1.54) is 25.3 Å². The first-order valence-corrected chi connectivity index (χ1v) is 5.20. The molecule has 0 heterocycles. The van der Waals surface area contributed by atoms with Gasteiger partial charge in [0.05, 0.1) is 24.6 Å². The Morgan fingerprint density at radius 2 is 2.11 bits per heavy atom. The molecule has 0 aliphatic rings. The summed E-state index contributed by atoms with van der Waals surface area (Å²) in [5, 5.41) is 19.9. The number of non-ortho nitro benzene ring substituents is 1. The van der Waals surface area contributed by atoms with Gasteiger partial charge in [-0.1, -0.05) is 12.2 Å². The molecule has 0 amide bonds. The number of methoxy groups -OCH3 is 1.